The van der Waals surface area contributed by atoms with Crippen molar-refractivity contribution in [3.05, 3.63) is 28.8 Å². The first kappa shape index (κ1) is 17.3. The van der Waals surface area contributed by atoms with Gasteiger partial charge in [0.25, 0.3) is 0 Å². The number of nitrogens with zero attached hydrogens (tertiary/aromatic N) is 2. The zero-order chi connectivity index (χ0) is 15.3. The van der Waals surface area contributed by atoms with E-state index >= 15 is 0 Å². The number of aliphatic hydroxyl groups excluding tert-OH is 1. The van der Waals surface area contributed by atoms with Gasteiger partial charge in [0.2, 0.25) is 0 Å². The van der Waals surface area contributed by atoms with Gasteiger partial charge in [-0.2, -0.15) is 0 Å². The molecule has 0 aliphatic carbocycles. The Morgan fingerprint density at radius 1 is 1.15 bits per heavy atom. The zero-order valence-electron chi connectivity index (χ0n) is 13.2. The Kier molecular flexibility index (Phi) is 6.80. The maximum absolute atomic E-state index is 9.62. The summed E-state index contributed by atoms with van der Waals surface area (Å²) in [7, 11) is 4.15. The fourth-order valence-corrected chi connectivity index (χ4v) is 2.42. The number of aliphatic hydroxyl groups is 1. The van der Waals surface area contributed by atoms with Gasteiger partial charge in [-0.3, -0.25) is 0 Å². The van der Waals surface area contributed by atoms with Crippen molar-refractivity contribution in [1.29, 1.82) is 0 Å². The molecule has 1 aromatic rings. The Morgan fingerprint density at radius 2 is 1.80 bits per heavy atom. The van der Waals surface area contributed by atoms with Crippen LogP contribution in [0.5, 0.6) is 0 Å². The Balaban J connectivity index is 2.94. The molecule has 0 heterocycles. The zero-order valence-corrected chi connectivity index (χ0v) is 14.0. The van der Waals surface area contributed by atoms with Crippen LogP contribution in [-0.2, 0) is 0 Å². The Morgan fingerprint density at radius 3 is 2.25 bits per heavy atom. The number of likely N-dealkylation sites (N-methyl/N-ethyl adjacent to an activating group) is 1. The van der Waals surface area contributed by atoms with Crippen molar-refractivity contribution in [2.24, 2.45) is 5.92 Å². The van der Waals surface area contributed by atoms with Crippen LogP contribution in [0.1, 0.15) is 32.4 Å². The molecule has 1 rings (SSSR count). The highest BCUT2D eigenvalue weighted by Gasteiger charge is 2.14. The highest BCUT2D eigenvalue weighted by molar-refractivity contribution is 6.33. The molecular weight excluding hydrogens is 272 g/mol. The normalized spacial score (nSPS) is 13.1. The first-order valence-electron chi connectivity index (χ1n) is 7.18. The highest BCUT2D eigenvalue weighted by Crippen LogP contribution is 2.29. The van der Waals surface area contributed by atoms with Crippen LogP contribution in [0.15, 0.2) is 18.2 Å². The Labute approximate surface area is 128 Å². The second-order valence-corrected chi connectivity index (χ2v) is 6.44. The SMILES string of the molecule is CC(C)CN(CCN(C)C)c1ccc([C@H](C)O)cc1Cl. The molecule has 20 heavy (non-hydrogen) atoms. The molecule has 0 aliphatic rings. The van der Waals surface area contributed by atoms with Crippen molar-refractivity contribution in [3.63, 3.8) is 0 Å². The van der Waals surface area contributed by atoms with Crippen molar-refractivity contribution in [1.82, 2.24) is 4.90 Å². The van der Waals surface area contributed by atoms with Crippen LogP contribution in [0, 0.1) is 5.92 Å². The first-order chi connectivity index (χ1) is 9.31. The van der Waals surface area contributed by atoms with E-state index in [0.717, 1.165) is 30.9 Å². The molecule has 0 bridgehead atoms. The predicted octanol–water partition coefficient (Wildman–Crippen LogP) is 3.42. The molecule has 0 amide bonds. The van der Waals surface area contributed by atoms with Gasteiger partial charge >= 0.3 is 0 Å². The first-order valence-corrected chi connectivity index (χ1v) is 7.56. The van der Waals surface area contributed by atoms with Gasteiger partial charge in [0.1, 0.15) is 0 Å². The molecule has 1 aromatic carbocycles. The second kappa shape index (κ2) is 7.87. The van der Waals surface area contributed by atoms with Gasteiger partial charge in [-0.05, 0) is 44.6 Å². The largest absolute Gasteiger partial charge is 0.389 e. The van der Waals surface area contributed by atoms with Crippen LogP contribution in [0.3, 0.4) is 0 Å². The molecule has 1 atom stereocenters. The van der Waals surface area contributed by atoms with Crippen molar-refractivity contribution in [3.8, 4) is 0 Å². The molecule has 0 radical (unpaired) electrons. The van der Waals surface area contributed by atoms with E-state index in [1.165, 1.54) is 0 Å². The third-order valence-electron chi connectivity index (χ3n) is 3.20. The second-order valence-electron chi connectivity index (χ2n) is 6.03. The van der Waals surface area contributed by atoms with Crippen LogP contribution in [0.25, 0.3) is 0 Å². The summed E-state index contributed by atoms with van der Waals surface area (Å²) in [6.45, 7) is 9.08. The lowest BCUT2D eigenvalue weighted by atomic mass is 10.1. The van der Waals surface area contributed by atoms with E-state index in [0.29, 0.717) is 10.9 Å². The summed E-state index contributed by atoms with van der Waals surface area (Å²) in [4.78, 5) is 4.49. The quantitative estimate of drug-likeness (QED) is 0.835. The van der Waals surface area contributed by atoms with E-state index in [1.807, 2.05) is 18.2 Å². The number of hydrogen-bond donors (Lipinski definition) is 1. The lowest BCUT2D eigenvalue weighted by molar-refractivity contribution is 0.199. The lowest BCUT2D eigenvalue weighted by Crippen LogP contribution is -2.34. The molecule has 0 fully saturated rings. The van der Waals surface area contributed by atoms with Crippen molar-refractivity contribution in [2.75, 3.05) is 38.6 Å². The van der Waals surface area contributed by atoms with E-state index < -0.39 is 6.10 Å². The van der Waals surface area contributed by atoms with Gasteiger partial charge in [0.15, 0.2) is 0 Å². The minimum atomic E-state index is -0.484. The molecule has 0 unspecified atom stereocenters. The summed E-state index contributed by atoms with van der Waals surface area (Å²) in [6, 6.07) is 5.84. The number of hydrogen-bond acceptors (Lipinski definition) is 3. The average molecular weight is 299 g/mol. The molecule has 0 aliphatic heterocycles. The van der Waals surface area contributed by atoms with Crippen LogP contribution in [0.2, 0.25) is 5.02 Å². The van der Waals surface area contributed by atoms with Crippen LogP contribution < -0.4 is 4.90 Å². The molecule has 1 N–H and O–H groups in total. The number of anilines is 1. The smallest absolute Gasteiger partial charge is 0.0762 e. The monoisotopic (exact) mass is 298 g/mol. The van der Waals surface area contributed by atoms with Gasteiger partial charge in [-0.25, -0.2) is 0 Å². The minimum Gasteiger partial charge on any atom is -0.389 e. The predicted molar refractivity (Wildman–Crippen MR) is 87.7 cm³/mol. The number of rotatable bonds is 7. The summed E-state index contributed by atoms with van der Waals surface area (Å²) >= 11 is 6.40. The van der Waals surface area contributed by atoms with E-state index in [2.05, 4.69) is 37.7 Å². The molecule has 4 heteroatoms. The molecule has 3 nitrogen and oxygen atoms in total. The topological polar surface area (TPSA) is 26.7 Å². The summed E-state index contributed by atoms with van der Waals surface area (Å²) < 4.78 is 0. The van der Waals surface area contributed by atoms with Crippen LogP contribution in [0.4, 0.5) is 5.69 Å². The fraction of sp³-hybridized carbons (Fsp3) is 0.625. The lowest BCUT2D eigenvalue weighted by Gasteiger charge is -2.29. The molecule has 0 spiro atoms. The van der Waals surface area contributed by atoms with E-state index in [1.54, 1.807) is 6.92 Å². The highest BCUT2D eigenvalue weighted by atomic mass is 35.5. The fourth-order valence-electron chi connectivity index (χ4n) is 2.11. The summed E-state index contributed by atoms with van der Waals surface area (Å²) in [5.74, 6) is 0.574. The summed E-state index contributed by atoms with van der Waals surface area (Å²) in [5, 5.41) is 10.3. The summed E-state index contributed by atoms with van der Waals surface area (Å²) in [5.41, 5.74) is 1.91. The van der Waals surface area contributed by atoms with Crippen molar-refractivity contribution in [2.45, 2.75) is 26.9 Å². The minimum absolute atomic E-state index is 0.484. The maximum Gasteiger partial charge on any atom is 0.0762 e. The third-order valence-corrected chi connectivity index (χ3v) is 3.50. The van der Waals surface area contributed by atoms with Gasteiger partial charge < -0.3 is 14.9 Å². The van der Waals surface area contributed by atoms with E-state index in [4.69, 9.17) is 11.6 Å². The average Bonchev–Trinajstić information content (AvgIpc) is 2.33. The molecule has 0 aromatic heterocycles. The van der Waals surface area contributed by atoms with Crippen LogP contribution >= 0.6 is 11.6 Å². The molecule has 0 saturated heterocycles. The van der Waals surface area contributed by atoms with Gasteiger partial charge in [0.05, 0.1) is 16.8 Å². The molecule has 0 saturated carbocycles. The van der Waals surface area contributed by atoms with Crippen molar-refractivity contribution < 1.29 is 5.11 Å². The molecule has 114 valence electrons. The standard InChI is InChI=1S/C16H27ClN2O/c1-12(2)11-19(9-8-18(4)5)16-7-6-14(13(3)20)10-15(16)17/h6-7,10,12-13,20H,8-9,11H2,1-5H3/t13-/m0/s1. The van der Waals surface area contributed by atoms with E-state index in [-0.39, 0.29) is 0 Å². The number of halogens is 1. The van der Waals surface area contributed by atoms with Gasteiger partial charge in [0, 0.05) is 19.6 Å². The maximum atomic E-state index is 9.62. The summed E-state index contributed by atoms with van der Waals surface area (Å²) in [6.07, 6.45) is -0.484. The third kappa shape index (κ3) is 5.31. The van der Waals surface area contributed by atoms with E-state index in [9.17, 15) is 5.11 Å². The van der Waals surface area contributed by atoms with Gasteiger partial charge in [-0.15, -0.1) is 0 Å². The number of benzene rings is 1. The Bertz CT molecular complexity index is 419. The van der Waals surface area contributed by atoms with Crippen molar-refractivity contribution >= 4 is 17.3 Å². The Hall–Kier alpha value is -0.770. The molecular formula is C16H27ClN2O. The van der Waals surface area contributed by atoms with Crippen LogP contribution in [-0.4, -0.2) is 43.7 Å². The van der Waals surface area contributed by atoms with Gasteiger partial charge in [-0.1, -0.05) is 31.5 Å².